The van der Waals surface area contributed by atoms with Crippen molar-refractivity contribution in [3.63, 3.8) is 0 Å². The summed E-state index contributed by atoms with van der Waals surface area (Å²) in [7, 11) is 0. The lowest BCUT2D eigenvalue weighted by molar-refractivity contribution is 0.248. The maximum Gasteiger partial charge on any atom is 0.312 e. The predicted octanol–water partition coefficient (Wildman–Crippen LogP) is -0.789. The number of hydrogen-bond donors (Lipinski definition) is 5. The van der Waals surface area contributed by atoms with Crippen LogP contribution in [0.1, 0.15) is 25.7 Å². The third-order valence-electron chi connectivity index (χ3n) is 2.10. The molecule has 8 N–H and O–H groups in total. The van der Waals surface area contributed by atoms with Gasteiger partial charge in [0.2, 0.25) is 0 Å². The summed E-state index contributed by atoms with van der Waals surface area (Å²) in [6, 6.07) is -0.956. The second-order valence-electron chi connectivity index (χ2n) is 3.63. The number of carbonyl (C=O) groups excluding carboxylic acids is 2. The van der Waals surface area contributed by atoms with Gasteiger partial charge in [0, 0.05) is 19.1 Å². The molecule has 0 aromatic carbocycles. The number of nitrogens with two attached hydrogens (primary N) is 3. The van der Waals surface area contributed by atoms with Crippen LogP contribution in [0, 0.1) is 0 Å². The monoisotopic (exact) mass is 231 g/mol. The Balaban J connectivity index is 3.27. The second kappa shape index (κ2) is 8.78. The Morgan fingerprint density at radius 3 is 1.62 bits per heavy atom. The fourth-order valence-corrected chi connectivity index (χ4v) is 1.30. The lowest BCUT2D eigenvalue weighted by Crippen LogP contribution is -2.32. The van der Waals surface area contributed by atoms with Crippen LogP contribution in [0.3, 0.4) is 0 Å². The molecular weight excluding hydrogens is 210 g/mol. The van der Waals surface area contributed by atoms with Crippen molar-refractivity contribution in [2.24, 2.45) is 17.2 Å². The van der Waals surface area contributed by atoms with Crippen molar-refractivity contribution < 1.29 is 9.59 Å². The molecule has 4 amide bonds. The minimum atomic E-state index is -0.515. The van der Waals surface area contributed by atoms with Gasteiger partial charge in [-0.25, -0.2) is 9.59 Å². The van der Waals surface area contributed by atoms with E-state index in [0.29, 0.717) is 13.1 Å². The zero-order valence-electron chi connectivity index (χ0n) is 9.37. The average molecular weight is 231 g/mol. The lowest BCUT2D eigenvalue weighted by Gasteiger charge is -2.11. The van der Waals surface area contributed by atoms with Gasteiger partial charge in [-0.05, 0) is 25.7 Å². The van der Waals surface area contributed by atoms with Crippen molar-refractivity contribution >= 4 is 12.1 Å². The summed E-state index contributed by atoms with van der Waals surface area (Å²) >= 11 is 0. The van der Waals surface area contributed by atoms with Crippen LogP contribution in [0.2, 0.25) is 0 Å². The largest absolute Gasteiger partial charge is 0.352 e. The smallest absolute Gasteiger partial charge is 0.312 e. The topological polar surface area (TPSA) is 136 Å². The summed E-state index contributed by atoms with van der Waals surface area (Å²) in [6.45, 7) is 1.09. The van der Waals surface area contributed by atoms with Crippen molar-refractivity contribution in [3.8, 4) is 0 Å². The van der Waals surface area contributed by atoms with Gasteiger partial charge in [-0.15, -0.1) is 0 Å². The van der Waals surface area contributed by atoms with Gasteiger partial charge in [-0.2, -0.15) is 0 Å². The highest BCUT2D eigenvalue weighted by molar-refractivity contribution is 5.71. The molecule has 7 heteroatoms. The molecule has 0 saturated heterocycles. The van der Waals surface area contributed by atoms with E-state index in [1.165, 1.54) is 0 Å². The summed E-state index contributed by atoms with van der Waals surface area (Å²) in [5, 5.41) is 4.99. The average Bonchev–Trinajstić information content (AvgIpc) is 2.19. The van der Waals surface area contributed by atoms with Crippen LogP contribution in [-0.2, 0) is 0 Å². The summed E-state index contributed by atoms with van der Waals surface area (Å²) in [5.41, 5.74) is 15.6. The molecule has 0 aromatic rings. The number of carbonyl (C=O) groups is 2. The first-order chi connectivity index (χ1) is 7.52. The number of rotatable bonds is 8. The second-order valence-corrected chi connectivity index (χ2v) is 3.63. The molecule has 0 heterocycles. The van der Waals surface area contributed by atoms with Crippen LogP contribution in [0.4, 0.5) is 9.59 Å². The van der Waals surface area contributed by atoms with Crippen LogP contribution in [0.25, 0.3) is 0 Å². The fourth-order valence-electron chi connectivity index (χ4n) is 1.30. The van der Waals surface area contributed by atoms with Crippen LogP contribution in [-0.4, -0.2) is 31.2 Å². The molecule has 0 aliphatic heterocycles. The SMILES string of the molecule is NC(=O)NCCCC(N)CCCNC(N)=O. The third-order valence-corrected chi connectivity index (χ3v) is 2.10. The van der Waals surface area contributed by atoms with Crippen molar-refractivity contribution in [2.75, 3.05) is 13.1 Å². The maximum atomic E-state index is 10.3. The highest BCUT2D eigenvalue weighted by atomic mass is 16.2. The Labute approximate surface area is 95.1 Å². The van der Waals surface area contributed by atoms with Crippen molar-refractivity contribution in [3.05, 3.63) is 0 Å². The van der Waals surface area contributed by atoms with Gasteiger partial charge in [-0.1, -0.05) is 0 Å². The highest BCUT2D eigenvalue weighted by Crippen LogP contribution is 2.00. The minimum Gasteiger partial charge on any atom is -0.352 e. The van der Waals surface area contributed by atoms with Crippen LogP contribution < -0.4 is 27.8 Å². The molecule has 94 valence electrons. The minimum absolute atomic E-state index is 0.0735. The molecule has 0 spiro atoms. The van der Waals surface area contributed by atoms with Gasteiger partial charge < -0.3 is 27.8 Å². The van der Waals surface area contributed by atoms with Gasteiger partial charge >= 0.3 is 12.1 Å². The van der Waals surface area contributed by atoms with Crippen LogP contribution in [0.15, 0.2) is 0 Å². The maximum absolute atomic E-state index is 10.3. The number of amides is 4. The standard InChI is InChI=1S/C9H21N5O2/c10-7(3-1-5-13-8(11)15)4-2-6-14-9(12)16/h7H,1-6,10H2,(H3,11,13,15)(H3,12,14,16). The molecule has 0 fully saturated rings. The lowest BCUT2D eigenvalue weighted by atomic mass is 10.1. The number of urea groups is 2. The van der Waals surface area contributed by atoms with E-state index in [-0.39, 0.29) is 6.04 Å². The Kier molecular flexibility index (Phi) is 7.96. The number of nitrogens with one attached hydrogen (secondary N) is 2. The molecule has 7 nitrogen and oxygen atoms in total. The fraction of sp³-hybridized carbons (Fsp3) is 0.778. The molecular formula is C9H21N5O2. The molecule has 0 aromatic heterocycles. The zero-order valence-corrected chi connectivity index (χ0v) is 9.37. The Morgan fingerprint density at radius 1 is 0.938 bits per heavy atom. The van der Waals surface area contributed by atoms with Crippen molar-refractivity contribution in [1.29, 1.82) is 0 Å². The van der Waals surface area contributed by atoms with Crippen molar-refractivity contribution in [1.82, 2.24) is 10.6 Å². The zero-order chi connectivity index (χ0) is 12.4. The molecule has 0 radical (unpaired) electrons. The first-order valence-electron chi connectivity index (χ1n) is 5.34. The highest BCUT2D eigenvalue weighted by Gasteiger charge is 2.02. The number of hydrogen-bond acceptors (Lipinski definition) is 3. The molecule has 16 heavy (non-hydrogen) atoms. The van der Waals surface area contributed by atoms with Gasteiger partial charge in [0.25, 0.3) is 0 Å². The third kappa shape index (κ3) is 10.6. The molecule has 0 unspecified atom stereocenters. The first kappa shape index (κ1) is 14.5. The predicted molar refractivity (Wildman–Crippen MR) is 61.6 cm³/mol. The summed E-state index contributed by atoms with van der Waals surface area (Å²) in [4.78, 5) is 20.7. The summed E-state index contributed by atoms with van der Waals surface area (Å²) < 4.78 is 0. The molecule has 0 aliphatic carbocycles. The quantitative estimate of drug-likeness (QED) is 0.350. The van der Waals surface area contributed by atoms with Crippen LogP contribution >= 0.6 is 0 Å². The van der Waals surface area contributed by atoms with E-state index in [0.717, 1.165) is 25.7 Å². The molecule has 0 bridgehead atoms. The Morgan fingerprint density at radius 2 is 1.31 bits per heavy atom. The molecule has 0 atom stereocenters. The van der Waals surface area contributed by atoms with Gasteiger partial charge in [0.15, 0.2) is 0 Å². The first-order valence-corrected chi connectivity index (χ1v) is 5.34. The molecule has 0 aliphatic rings. The van der Waals surface area contributed by atoms with E-state index in [4.69, 9.17) is 17.2 Å². The van der Waals surface area contributed by atoms with Crippen molar-refractivity contribution in [2.45, 2.75) is 31.7 Å². The van der Waals surface area contributed by atoms with Crippen LogP contribution in [0.5, 0.6) is 0 Å². The summed E-state index contributed by atoms with van der Waals surface area (Å²) in [6.07, 6.45) is 3.23. The Hall–Kier alpha value is -1.50. The Bertz CT molecular complexity index is 200. The molecule has 0 rings (SSSR count). The van der Waals surface area contributed by atoms with Gasteiger partial charge in [0.1, 0.15) is 0 Å². The normalized spacial score (nSPS) is 10.1. The number of primary amides is 2. The van der Waals surface area contributed by atoms with E-state index in [9.17, 15) is 9.59 Å². The van der Waals surface area contributed by atoms with E-state index in [2.05, 4.69) is 10.6 Å². The van der Waals surface area contributed by atoms with E-state index >= 15 is 0 Å². The van der Waals surface area contributed by atoms with Gasteiger partial charge in [-0.3, -0.25) is 0 Å². The van der Waals surface area contributed by atoms with E-state index in [1.807, 2.05) is 0 Å². The summed E-state index contributed by atoms with van der Waals surface area (Å²) in [5.74, 6) is 0. The van der Waals surface area contributed by atoms with E-state index < -0.39 is 12.1 Å². The van der Waals surface area contributed by atoms with E-state index in [1.54, 1.807) is 0 Å². The molecule has 0 saturated carbocycles. The van der Waals surface area contributed by atoms with Gasteiger partial charge in [0.05, 0.1) is 0 Å².